The largest absolute Gasteiger partial charge is 0.381 e. The van der Waals surface area contributed by atoms with Crippen LogP contribution >= 0.6 is 15.9 Å². The van der Waals surface area contributed by atoms with Gasteiger partial charge < -0.3 is 10.1 Å². The van der Waals surface area contributed by atoms with E-state index in [0.717, 1.165) is 28.3 Å². The second kappa shape index (κ2) is 9.40. The molecule has 0 spiro atoms. The SMILES string of the molecule is CCn1c(=O)n(CCC(=O)NCC2(c3cccc(Br)c3)CCOCC2)c2ccccc21. The highest BCUT2D eigenvalue weighted by Crippen LogP contribution is 2.35. The Bertz CT molecular complexity index is 1130. The fourth-order valence-electron chi connectivity index (χ4n) is 4.51. The molecule has 1 amide bonds. The summed E-state index contributed by atoms with van der Waals surface area (Å²) in [6.07, 6.45) is 2.00. The maximum atomic E-state index is 12.8. The molecule has 31 heavy (non-hydrogen) atoms. The van der Waals surface area contributed by atoms with Crippen LogP contribution in [0.1, 0.15) is 31.7 Å². The molecule has 2 heterocycles. The molecular weight excluding hydrogens is 458 g/mol. The summed E-state index contributed by atoms with van der Waals surface area (Å²) in [7, 11) is 0. The third-order valence-electron chi connectivity index (χ3n) is 6.31. The molecule has 1 aliphatic rings. The number of aromatic nitrogens is 2. The molecule has 0 saturated carbocycles. The highest BCUT2D eigenvalue weighted by Gasteiger charge is 2.35. The zero-order valence-electron chi connectivity index (χ0n) is 17.8. The Morgan fingerprint density at radius 1 is 1.10 bits per heavy atom. The highest BCUT2D eigenvalue weighted by molar-refractivity contribution is 9.10. The van der Waals surface area contributed by atoms with E-state index in [4.69, 9.17) is 4.74 Å². The van der Waals surface area contributed by atoms with Gasteiger partial charge in [0.15, 0.2) is 0 Å². The molecule has 0 radical (unpaired) electrons. The van der Waals surface area contributed by atoms with Crippen LogP contribution in [0.4, 0.5) is 0 Å². The zero-order chi connectivity index (χ0) is 21.8. The van der Waals surface area contributed by atoms with E-state index >= 15 is 0 Å². The fourth-order valence-corrected chi connectivity index (χ4v) is 4.91. The molecule has 164 valence electrons. The second-order valence-corrected chi connectivity index (χ2v) is 9.01. The second-order valence-electron chi connectivity index (χ2n) is 8.10. The summed E-state index contributed by atoms with van der Waals surface area (Å²) < 4.78 is 10.1. The van der Waals surface area contributed by atoms with Gasteiger partial charge in [-0.25, -0.2) is 4.79 Å². The van der Waals surface area contributed by atoms with Gasteiger partial charge in [0, 0.05) is 49.2 Å². The van der Waals surface area contributed by atoms with Crippen molar-refractivity contribution in [2.45, 2.75) is 44.7 Å². The molecular formula is C24H28BrN3O3. The highest BCUT2D eigenvalue weighted by atomic mass is 79.9. The molecule has 7 heteroatoms. The number of aryl methyl sites for hydroxylation is 2. The average Bonchev–Trinajstić information content (AvgIpc) is 3.07. The van der Waals surface area contributed by atoms with Crippen LogP contribution in [-0.4, -0.2) is 34.8 Å². The lowest BCUT2D eigenvalue weighted by molar-refractivity contribution is -0.121. The Labute approximate surface area is 190 Å². The van der Waals surface area contributed by atoms with Crippen molar-refractivity contribution < 1.29 is 9.53 Å². The van der Waals surface area contributed by atoms with Gasteiger partial charge >= 0.3 is 5.69 Å². The first-order valence-electron chi connectivity index (χ1n) is 10.8. The van der Waals surface area contributed by atoms with Crippen molar-refractivity contribution in [1.82, 2.24) is 14.5 Å². The first-order valence-corrected chi connectivity index (χ1v) is 11.6. The number of carbonyl (C=O) groups excluding carboxylic acids is 1. The maximum absolute atomic E-state index is 12.8. The predicted octanol–water partition coefficient (Wildman–Crippen LogP) is 3.84. The van der Waals surface area contributed by atoms with E-state index in [-0.39, 0.29) is 23.4 Å². The molecule has 4 rings (SSSR count). The number of ether oxygens (including phenoxy) is 1. The van der Waals surface area contributed by atoms with E-state index in [2.05, 4.69) is 33.4 Å². The number of nitrogens with zero attached hydrogens (tertiary/aromatic N) is 2. The fraction of sp³-hybridized carbons (Fsp3) is 0.417. The lowest BCUT2D eigenvalue weighted by Crippen LogP contribution is -2.44. The number of imidazole rings is 1. The van der Waals surface area contributed by atoms with E-state index in [1.807, 2.05) is 43.3 Å². The Hall–Kier alpha value is -2.38. The van der Waals surface area contributed by atoms with E-state index in [1.165, 1.54) is 5.56 Å². The van der Waals surface area contributed by atoms with Gasteiger partial charge in [-0.15, -0.1) is 0 Å². The van der Waals surface area contributed by atoms with Crippen molar-refractivity contribution in [3.05, 3.63) is 69.1 Å². The lowest BCUT2D eigenvalue weighted by Gasteiger charge is -2.38. The molecule has 1 N–H and O–H groups in total. The van der Waals surface area contributed by atoms with Crippen molar-refractivity contribution in [1.29, 1.82) is 0 Å². The van der Waals surface area contributed by atoms with Crippen molar-refractivity contribution in [2.75, 3.05) is 19.8 Å². The van der Waals surface area contributed by atoms with Crippen LogP contribution in [0.15, 0.2) is 57.8 Å². The van der Waals surface area contributed by atoms with Gasteiger partial charge in [0.05, 0.1) is 11.0 Å². The van der Waals surface area contributed by atoms with Crippen molar-refractivity contribution in [2.24, 2.45) is 0 Å². The van der Waals surface area contributed by atoms with Crippen LogP contribution in [0.25, 0.3) is 11.0 Å². The Kier molecular flexibility index (Phi) is 6.62. The number of fused-ring (bicyclic) bond motifs is 1. The van der Waals surface area contributed by atoms with Gasteiger partial charge in [0.25, 0.3) is 0 Å². The Morgan fingerprint density at radius 2 is 1.81 bits per heavy atom. The minimum atomic E-state index is -0.132. The van der Waals surface area contributed by atoms with Crippen molar-refractivity contribution in [3.63, 3.8) is 0 Å². The number of halogens is 1. The van der Waals surface area contributed by atoms with E-state index in [0.29, 0.717) is 32.8 Å². The normalized spacial score (nSPS) is 15.8. The van der Waals surface area contributed by atoms with E-state index < -0.39 is 0 Å². The Balaban J connectivity index is 1.46. The molecule has 0 unspecified atom stereocenters. The smallest absolute Gasteiger partial charge is 0.329 e. The summed E-state index contributed by atoms with van der Waals surface area (Å²) in [4.78, 5) is 25.5. The maximum Gasteiger partial charge on any atom is 0.329 e. The molecule has 1 aromatic heterocycles. The standard InChI is InChI=1S/C24H28BrN3O3/c1-2-27-20-8-3-4-9-21(20)28(23(27)30)13-10-22(29)26-17-24(11-14-31-15-12-24)18-6-5-7-19(25)16-18/h3-9,16H,2,10-15,17H2,1H3,(H,26,29). The molecule has 3 aromatic rings. The number of amides is 1. The number of nitrogens with one attached hydrogen (secondary N) is 1. The van der Waals surface area contributed by atoms with Gasteiger partial charge in [0.2, 0.25) is 5.91 Å². The van der Waals surface area contributed by atoms with Crippen LogP contribution in [-0.2, 0) is 28.0 Å². The molecule has 0 atom stereocenters. The minimum absolute atomic E-state index is 0.0407. The summed E-state index contributed by atoms with van der Waals surface area (Å²) in [6.45, 7) is 4.88. The number of carbonyl (C=O) groups is 1. The first-order chi connectivity index (χ1) is 15.0. The van der Waals surface area contributed by atoms with Gasteiger partial charge in [0.1, 0.15) is 0 Å². The summed E-state index contributed by atoms with van der Waals surface area (Å²) in [6, 6.07) is 16.0. The van der Waals surface area contributed by atoms with Crippen molar-refractivity contribution >= 4 is 32.9 Å². The third kappa shape index (κ3) is 4.48. The molecule has 0 bridgehead atoms. The van der Waals surface area contributed by atoms with Gasteiger partial charge in [-0.2, -0.15) is 0 Å². The monoisotopic (exact) mass is 485 g/mol. The summed E-state index contributed by atoms with van der Waals surface area (Å²) in [5, 5.41) is 3.14. The van der Waals surface area contributed by atoms with Gasteiger partial charge in [-0.1, -0.05) is 40.2 Å². The van der Waals surface area contributed by atoms with Gasteiger partial charge in [-0.3, -0.25) is 13.9 Å². The zero-order valence-corrected chi connectivity index (χ0v) is 19.4. The number of rotatable bonds is 7. The predicted molar refractivity (Wildman–Crippen MR) is 125 cm³/mol. The summed E-state index contributed by atoms with van der Waals surface area (Å²) in [5.74, 6) is -0.0407. The lowest BCUT2D eigenvalue weighted by atomic mass is 9.74. The average molecular weight is 486 g/mol. The first kappa shape index (κ1) is 21.8. The molecule has 1 saturated heterocycles. The number of hydrogen-bond acceptors (Lipinski definition) is 3. The molecule has 1 fully saturated rings. The van der Waals surface area contributed by atoms with Crippen LogP contribution in [0.2, 0.25) is 0 Å². The topological polar surface area (TPSA) is 65.3 Å². The number of para-hydroxylation sites is 2. The number of benzene rings is 2. The molecule has 1 aliphatic heterocycles. The molecule has 2 aromatic carbocycles. The van der Waals surface area contributed by atoms with Crippen LogP contribution in [0.5, 0.6) is 0 Å². The summed E-state index contributed by atoms with van der Waals surface area (Å²) in [5.41, 5.74) is 2.80. The Morgan fingerprint density at radius 3 is 2.48 bits per heavy atom. The third-order valence-corrected chi connectivity index (χ3v) is 6.81. The quantitative estimate of drug-likeness (QED) is 0.552. The van der Waals surface area contributed by atoms with Crippen LogP contribution in [0, 0.1) is 0 Å². The van der Waals surface area contributed by atoms with Crippen LogP contribution < -0.4 is 11.0 Å². The number of hydrogen-bond donors (Lipinski definition) is 1. The van der Waals surface area contributed by atoms with Gasteiger partial charge in [-0.05, 0) is 49.6 Å². The van der Waals surface area contributed by atoms with Crippen LogP contribution in [0.3, 0.4) is 0 Å². The summed E-state index contributed by atoms with van der Waals surface area (Å²) >= 11 is 3.57. The molecule has 6 nitrogen and oxygen atoms in total. The minimum Gasteiger partial charge on any atom is -0.381 e. The van der Waals surface area contributed by atoms with Crippen molar-refractivity contribution in [3.8, 4) is 0 Å². The van der Waals surface area contributed by atoms with E-state index in [1.54, 1.807) is 9.13 Å². The molecule has 0 aliphatic carbocycles. The van der Waals surface area contributed by atoms with E-state index in [9.17, 15) is 9.59 Å².